The number of aromatic nitrogens is 2. The molecule has 1 heterocycles. The van der Waals surface area contributed by atoms with Crippen molar-refractivity contribution in [3.63, 3.8) is 0 Å². The Kier molecular flexibility index (Phi) is 7.32. The molecule has 30 heavy (non-hydrogen) atoms. The van der Waals surface area contributed by atoms with Crippen LogP contribution in [0.2, 0.25) is 0 Å². The van der Waals surface area contributed by atoms with E-state index in [0.29, 0.717) is 42.2 Å². The van der Waals surface area contributed by atoms with Crippen molar-refractivity contribution in [2.24, 2.45) is 0 Å². The van der Waals surface area contributed by atoms with Crippen molar-refractivity contribution in [1.82, 2.24) is 10.1 Å². The van der Waals surface area contributed by atoms with Crippen LogP contribution in [0.25, 0.3) is 0 Å². The van der Waals surface area contributed by atoms with Gasteiger partial charge < -0.3 is 15.2 Å². The van der Waals surface area contributed by atoms with Crippen LogP contribution >= 0.6 is 0 Å². The molecule has 156 valence electrons. The van der Waals surface area contributed by atoms with Crippen molar-refractivity contribution in [1.29, 1.82) is 0 Å². The Bertz CT molecular complexity index is 999. The van der Waals surface area contributed by atoms with E-state index in [1.807, 2.05) is 37.3 Å². The van der Waals surface area contributed by atoms with Crippen molar-refractivity contribution in [3.05, 3.63) is 71.4 Å². The molecule has 7 nitrogen and oxygen atoms in total. The van der Waals surface area contributed by atoms with Gasteiger partial charge in [0.15, 0.2) is 5.82 Å². The lowest BCUT2D eigenvalue weighted by molar-refractivity contribution is -0.116. The van der Waals surface area contributed by atoms with Gasteiger partial charge in [-0.05, 0) is 49.6 Å². The number of anilines is 2. The van der Waals surface area contributed by atoms with Crippen molar-refractivity contribution >= 4 is 23.2 Å². The molecule has 2 amide bonds. The van der Waals surface area contributed by atoms with Crippen LogP contribution in [0.4, 0.5) is 11.4 Å². The zero-order valence-corrected chi connectivity index (χ0v) is 17.3. The minimum absolute atomic E-state index is 0.119. The van der Waals surface area contributed by atoms with Gasteiger partial charge in [-0.25, -0.2) is 0 Å². The van der Waals surface area contributed by atoms with E-state index >= 15 is 0 Å². The molecule has 0 bridgehead atoms. The van der Waals surface area contributed by atoms with Crippen molar-refractivity contribution in [2.45, 2.75) is 46.0 Å². The van der Waals surface area contributed by atoms with E-state index in [4.69, 9.17) is 4.52 Å². The quantitative estimate of drug-likeness (QED) is 0.544. The van der Waals surface area contributed by atoms with Crippen LogP contribution in [0.3, 0.4) is 0 Å². The molecule has 2 aromatic carbocycles. The monoisotopic (exact) mass is 406 g/mol. The Balaban J connectivity index is 1.54. The van der Waals surface area contributed by atoms with Gasteiger partial charge in [-0.3, -0.25) is 9.59 Å². The second-order valence-corrected chi connectivity index (χ2v) is 7.05. The highest BCUT2D eigenvalue weighted by atomic mass is 16.5. The van der Waals surface area contributed by atoms with E-state index in [9.17, 15) is 9.59 Å². The van der Waals surface area contributed by atoms with Gasteiger partial charge >= 0.3 is 0 Å². The molecule has 3 aromatic rings. The molecule has 0 spiro atoms. The second kappa shape index (κ2) is 10.3. The van der Waals surface area contributed by atoms with Crippen molar-refractivity contribution in [3.8, 4) is 0 Å². The highest BCUT2D eigenvalue weighted by Crippen LogP contribution is 2.21. The fraction of sp³-hybridized carbons (Fsp3) is 0.304. The zero-order valence-electron chi connectivity index (χ0n) is 17.3. The van der Waals surface area contributed by atoms with E-state index < -0.39 is 0 Å². The summed E-state index contributed by atoms with van der Waals surface area (Å²) in [6.07, 6.45) is 3.24. The number of nitrogens with one attached hydrogen (secondary N) is 2. The first-order valence-electron chi connectivity index (χ1n) is 10.1. The molecular weight excluding hydrogens is 380 g/mol. The second-order valence-electron chi connectivity index (χ2n) is 7.05. The third-order valence-corrected chi connectivity index (χ3v) is 4.66. The number of aryl methyl sites for hydroxylation is 2. The van der Waals surface area contributed by atoms with Gasteiger partial charge in [0.1, 0.15) is 0 Å². The molecule has 0 unspecified atom stereocenters. The highest BCUT2D eigenvalue weighted by molar-refractivity contribution is 6.06. The average molecular weight is 406 g/mol. The van der Waals surface area contributed by atoms with Gasteiger partial charge in [-0.15, -0.1) is 0 Å². The SMILES string of the molecule is CCCc1noc(CCCC(=O)Nc2cccc(C(=O)Nc3ccccc3)c2C)n1. The highest BCUT2D eigenvalue weighted by Gasteiger charge is 2.14. The zero-order chi connectivity index (χ0) is 21.3. The summed E-state index contributed by atoms with van der Waals surface area (Å²) in [5, 5.41) is 9.68. The number of carbonyl (C=O) groups is 2. The first kappa shape index (κ1) is 21.2. The number of hydrogen-bond donors (Lipinski definition) is 2. The lowest BCUT2D eigenvalue weighted by atomic mass is 10.1. The lowest BCUT2D eigenvalue weighted by Crippen LogP contribution is -2.16. The summed E-state index contributed by atoms with van der Waals surface area (Å²) < 4.78 is 5.19. The maximum atomic E-state index is 12.6. The Morgan fingerprint density at radius 2 is 1.80 bits per heavy atom. The molecule has 0 aliphatic carbocycles. The van der Waals surface area contributed by atoms with Crippen molar-refractivity contribution in [2.75, 3.05) is 10.6 Å². The molecule has 0 fully saturated rings. The largest absolute Gasteiger partial charge is 0.339 e. The number of nitrogens with zero attached hydrogens (tertiary/aromatic N) is 2. The van der Waals surface area contributed by atoms with Crippen molar-refractivity contribution < 1.29 is 14.1 Å². The fourth-order valence-electron chi connectivity index (χ4n) is 3.07. The summed E-state index contributed by atoms with van der Waals surface area (Å²) in [6, 6.07) is 14.6. The Morgan fingerprint density at radius 3 is 2.57 bits per heavy atom. The maximum Gasteiger partial charge on any atom is 0.256 e. The first-order valence-corrected chi connectivity index (χ1v) is 10.1. The van der Waals surface area contributed by atoms with E-state index in [0.717, 1.165) is 24.1 Å². The minimum Gasteiger partial charge on any atom is -0.339 e. The molecule has 0 radical (unpaired) electrons. The van der Waals surface area contributed by atoms with Gasteiger partial charge in [-0.1, -0.05) is 36.3 Å². The van der Waals surface area contributed by atoms with Gasteiger partial charge in [0.2, 0.25) is 11.8 Å². The van der Waals surface area contributed by atoms with Gasteiger partial charge in [0, 0.05) is 36.2 Å². The summed E-state index contributed by atoms with van der Waals surface area (Å²) in [7, 11) is 0. The van der Waals surface area contributed by atoms with Crippen LogP contribution in [-0.4, -0.2) is 22.0 Å². The third kappa shape index (κ3) is 5.76. The Morgan fingerprint density at radius 1 is 1.00 bits per heavy atom. The number of para-hydroxylation sites is 1. The molecule has 0 atom stereocenters. The Hall–Kier alpha value is -3.48. The standard InChI is InChI=1S/C23H26N4O3/c1-3-9-20-26-22(30-27-20)15-8-14-21(28)25-19-13-7-12-18(16(19)2)23(29)24-17-10-5-4-6-11-17/h4-7,10-13H,3,8-9,14-15H2,1-2H3,(H,24,29)(H,25,28). The number of rotatable bonds is 9. The van der Waals surface area contributed by atoms with E-state index in [2.05, 4.69) is 27.7 Å². The topological polar surface area (TPSA) is 97.1 Å². The summed E-state index contributed by atoms with van der Waals surface area (Å²) in [5.41, 5.74) is 2.59. The van der Waals surface area contributed by atoms with Crippen LogP contribution in [0.5, 0.6) is 0 Å². The third-order valence-electron chi connectivity index (χ3n) is 4.66. The normalized spacial score (nSPS) is 10.6. The fourth-order valence-corrected chi connectivity index (χ4v) is 3.07. The van der Waals surface area contributed by atoms with Crippen LogP contribution < -0.4 is 10.6 Å². The summed E-state index contributed by atoms with van der Waals surface area (Å²) in [5.74, 6) is 0.932. The summed E-state index contributed by atoms with van der Waals surface area (Å²) >= 11 is 0. The summed E-state index contributed by atoms with van der Waals surface area (Å²) in [4.78, 5) is 29.3. The molecule has 0 saturated heterocycles. The number of benzene rings is 2. The number of carbonyl (C=O) groups excluding carboxylic acids is 2. The Labute approximate surface area is 175 Å². The minimum atomic E-state index is -0.214. The maximum absolute atomic E-state index is 12.6. The average Bonchev–Trinajstić information content (AvgIpc) is 3.18. The lowest BCUT2D eigenvalue weighted by Gasteiger charge is -2.13. The van der Waals surface area contributed by atoms with E-state index in [1.165, 1.54) is 0 Å². The molecule has 0 aliphatic rings. The number of amides is 2. The van der Waals surface area contributed by atoms with Gasteiger partial charge in [0.05, 0.1) is 0 Å². The number of hydrogen-bond acceptors (Lipinski definition) is 5. The molecule has 0 saturated carbocycles. The van der Waals surface area contributed by atoms with Gasteiger partial charge in [0.25, 0.3) is 5.91 Å². The molecule has 2 N–H and O–H groups in total. The summed E-state index contributed by atoms with van der Waals surface area (Å²) in [6.45, 7) is 3.88. The molecule has 0 aliphatic heterocycles. The van der Waals surface area contributed by atoms with Crippen LogP contribution in [0.15, 0.2) is 53.1 Å². The van der Waals surface area contributed by atoms with Crippen LogP contribution in [0.1, 0.15) is 53.8 Å². The molecule has 7 heteroatoms. The molecule has 1 aromatic heterocycles. The predicted octanol–water partition coefficient (Wildman–Crippen LogP) is 4.54. The van der Waals surface area contributed by atoms with E-state index in [-0.39, 0.29) is 11.8 Å². The van der Waals surface area contributed by atoms with Crippen LogP contribution in [-0.2, 0) is 17.6 Å². The molecular formula is C23H26N4O3. The first-order chi connectivity index (χ1) is 14.6. The smallest absolute Gasteiger partial charge is 0.256 e. The molecule has 3 rings (SSSR count). The predicted molar refractivity (Wildman–Crippen MR) is 115 cm³/mol. The van der Waals surface area contributed by atoms with E-state index in [1.54, 1.807) is 18.2 Å². The van der Waals surface area contributed by atoms with Crippen LogP contribution in [0, 0.1) is 6.92 Å². The van der Waals surface area contributed by atoms with Gasteiger partial charge in [-0.2, -0.15) is 4.98 Å².